The maximum atomic E-state index is 12.0. The zero-order valence-corrected chi connectivity index (χ0v) is 11.8. The van der Waals surface area contributed by atoms with Crippen LogP contribution in [-0.2, 0) is 4.79 Å². The van der Waals surface area contributed by atoms with Crippen molar-refractivity contribution in [2.75, 3.05) is 12.3 Å². The number of rotatable bonds is 7. The third-order valence-corrected chi connectivity index (χ3v) is 3.98. The summed E-state index contributed by atoms with van der Waals surface area (Å²) in [5.41, 5.74) is 0. The van der Waals surface area contributed by atoms with E-state index in [1.54, 1.807) is 11.8 Å². The molecule has 0 spiro atoms. The molecule has 1 aliphatic rings. The fourth-order valence-corrected chi connectivity index (χ4v) is 2.69. The van der Waals surface area contributed by atoms with Crippen LogP contribution in [0.1, 0.15) is 52.4 Å². The lowest BCUT2D eigenvalue weighted by Gasteiger charge is -2.14. The van der Waals surface area contributed by atoms with E-state index in [0.717, 1.165) is 30.3 Å². The molecular formula is C13H24N2OS. The molecule has 0 saturated carbocycles. The summed E-state index contributed by atoms with van der Waals surface area (Å²) < 4.78 is 0. The van der Waals surface area contributed by atoms with Gasteiger partial charge in [-0.2, -0.15) is 0 Å². The van der Waals surface area contributed by atoms with Gasteiger partial charge in [-0.1, -0.05) is 51.3 Å². The van der Waals surface area contributed by atoms with Crippen LogP contribution >= 0.6 is 11.8 Å². The molecule has 1 N–H and O–H groups in total. The summed E-state index contributed by atoms with van der Waals surface area (Å²) in [5, 5.41) is 3.77. The minimum atomic E-state index is 0.163. The first-order valence-corrected chi connectivity index (χ1v) is 7.74. The Hall–Kier alpha value is -0.510. The van der Waals surface area contributed by atoms with Gasteiger partial charge in [-0.3, -0.25) is 9.79 Å². The van der Waals surface area contributed by atoms with Crippen LogP contribution in [0, 0.1) is 5.92 Å². The average Bonchev–Trinajstić information content (AvgIpc) is 2.82. The van der Waals surface area contributed by atoms with Gasteiger partial charge in [-0.15, -0.1) is 0 Å². The Kier molecular flexibility index (Phi) is 7.33. The van der Waals surface area contributed by atoms with Gasteiger partial charge in [0.2, 0.25) is 5.91 Å². The van der Waals surface area contributed by atoms with Crippen LogP contribution in [0.25, 0.3) is 0 Å². The van der Waals surface area contributed by atoms with Crippen molar-refractivity contribution in [2.45, 2.75) is 52.4 Å². The molecule has 17 heavy (non-hydrogen) atoms. The predicted molar refractivity (Wildman–Crippen MR) is 75.4 cm³/mol. The normalized spacial score (nSPS) is 16.7. The van der Waals surface area contributed by atoms with Crippen molar-refractivity contribution in [3.8, 4) is 0 Å². The van der Waals surface area contributed by atoms with E-state index in [-0.39, 0.29) is 11.8 Å². The molecule has 0 bridgehead atoms. The maximum Gasteiger partial charge on any atom is 0.229 e. The minimum absolute atomic E-state index is 0.163. The van der Waals surface area contributed by atoms with E-state index < -0.39 is 0 Å². The number of thioether (sulfide) groups is 1. The first-order valence-electron chi connectivity index (χ1n) is 6.76. The second kappa shape index (κ2) is 8.56. The molecular weight excluding hydrogens is 232 g/mol. The third-order valence-electron chi connectivity index (χ3n) is 3.09. The Bertz CT molecular complexity index is 266. The van der Waals surface area contributed by atoms with E-state index in [2.05, 4.69) is 24.2 Å². The molecule has 1 amide bonds. The zero-order chi connectivity index (χ0) is 12.5. The van der Waals surface area contributed by atoms with Gasteiger partial charge in [-0.25, -0.2) is 0 Å². The van der Waals surface area contributed by atoms with Gasteiger partial charge in [0, 0.05) is 11.7 Å². The first kappa shape index (κ1) is 14.6. The predicted octanol–water partition coefficient (Wildman–Crippen LogP) is 3.20. The van der Waals surface area contributed by atoms with E-state index in [1.807, 2.05) is 0 Å². The highest BCUT2D eigenvalue weighted by Crippen LogP contribution is 2.16. The number of nitrogens with zero attached hydrogens (tertiary/aromatic N) is 1. The van der Waals surface area contributed by atoms with E-state index >= 15 is 0 Å². The van der Waals surface area contributed by atoms with Gasteiger partial charge in [-0.05, 0) is 12.8 Å². The van der Waals surface area contributed by atoms with Gasteiger partial charge >= 0.3 is 0 Å². The molecule has 3 nitrogen and oxygen atoms in total. The van der Waals surface area contributed by atoms with E-state index in [1.165, 1.54) is 25.7 Å². The summed E-state index contributed by atoms with van der Waals surface area (Å²) in [7, 11) is 0. The van der Waals surface area contributed by atoms with Crippen LogP contribution in [-0.4, -0.2) is 23.4 Å². The molecule has 0 radical (unpaired) electrons. The van der Waals surface area contributed by atoms with Crippen molar-refractivity contribution in [3.63, 3.8) is 0 Å². The SMILES string of the molecule is CCCCCCC(CC)C(=O)NC1=NCCS1. The van der Waals surface area contributed by atoms with Crippen LogP contribution < -0.4 is 5.32 Å². The van der Waals surface area contributed by atoms with Gasteiger partial charge in [0.25, 0.3) is 0 Å². The fourth-order valence-electron chi connectivity index (χ4n) is 1.96. The number of aliphatic imine (C=N–C) groups is 1. The molecule has 1 rings (SSSR count). The molecule has 0 aromatic carbocycles. The van der Waals surface area contributed by atoms with E-state index in [0.29, 0.717) is 0 Å². The summed E-state index contributed by atoms with van der Waals surface area (Å²) in [6.07, 6.45) is 6.88. The number of carbonyl (C=O) groups excluding carboxylic acids is 1. The van der Waals surface area contributed by atoms with Crippen molar-refractivity contribution in [1.29, 1.82) is 0 Å². The van der Waals surface area contributed by atoms with Crippen molar-refractivity contribution in [2.24, 2.45) is 10.9 Å². The Labute approximate surface area is 109 Å². The quantitative estimate of drug-likeness (QED) is 0.711. The molecule has 1 heterocycles. The smallest absolute Gasteiger partial charge is 0.229 e. The summed E-state index contributed by atoms with van der Waals surface area (Å²) in [6.45, 7) is 5.14. The fraction of sp³-hybridized carbons (Fsp3) is 0.846. The van der Waals surface area contributed by atoms with E-state index in [9.17, 15) is 4.79 Å². The summed E-state index contributed by atoms with van der Waals surface area (Å²) in [6, 6.07) is 0. The summed E-state index contributed by atoms with van der Waals surface area (Å²) >= 11 is 1.65. The van der Waals surface area contributed by atoms with Gasteiger partial charge in [0.05, 0.1) is 6.54 Å². The zero-order valence-electron chi connectivity index (χ0n) is 11.0. The lowest BCUT2D eigenvalue weighted by Crippen LogP contribution is -2.33. The van der Waals surface area contributed by atoms with Crippen LogP contribution in [0.4, 0.5) is 0 Å². The number of hydrogen-bond donors (Lipinski definition) is 1. The number of unbranched alkanes of at least 4 members (excludes halogenated alkanes) is 3. The summed E-state index contributed by atoms with van der Waals surface area (Å²) in [4.78, 5) is 16.2. The standard InChI is InChI=1S/C13H24N2OS/c1-3-5-6-7-8-11(4-2)12(16)15-13-14-9-10-17-13/h11H,3-10H2,1-2H3,(H,14,15,16). The molecule has 0 aromatic heterocycles. The largest absolute Gasteiger partial charge is 0.305 e. The van der Waals surface area contributed by atoms with Gasteiger partial charge in [0.1, 0.15) is 0 Å². The van der Waals surface area contributed by atoms with Crippen molar-refractivity contribution in [3.05, 3.63) is 0 Å². The molecule has 1 unspecified atom stereocenters. The lowest BCUT2D eigenvalue weighted by atomic mass is 9.97. The van der Waals surface area contributed by atoms with Crippen molar-refractivity contribution >= 4 is 22.8 Å². The highest BCUT2D eigenvalue weighted by atomic mass is 32.2. The maximum absolute atomic E-state index is 12.0. The van der Waals surface area contributed by atoms with Crippen molar-refractivity contribution < 1.29 is 4.79 Å². The van der Waals surface area contributed by atoms with Gasteiger partial charge in [0.15, 0.2) is 5.17 Å². The van der Waals surface area contributed by atoms with Crippen LogP contribution in [0.3, 0.4) is 0 Å². The molecule has 1 atom stereocenters. The molecule has 4 heteroatoms. The highest BCUT2D eigenvalue weighted by molar-refractivity contribution is 8.14. The average molecular weight is 256 g/mol. The summed E-state index contributed by atoms with van der Waals surface area (Å²) in [5.74, 6) is 1.33. The monoisotopic (exact) mass is 256 g/mol. The molecule has 0 aliphatic carbocycles. The van der Waals surface area contributed by atoms with Crippen molar-refractivity contribution in [1.82, 2.24) is 5.32 Å². The number of amidine groups is 1. The molecule has 1 aliphatic heterocycles. The third kappa shape index (κ3) is 5.57. The Morgan fingerprint density at radius 3 is 2.82 bits per heavy atom. The number of amides is 1. The Morgan fingerprint density at radius 2 is 2.24 bits per heavy atom. The number of nitrogens with one attached hydrogen (secondary N) is 1. The second-order valence-electron chi connectivity index (χ2n) is 4.48. The van der Waals surface area contributed by atoms with E-state index in [4.69, 9.17) is 0 Å². The molecule has 0 saturated heterocycles. The molecule has 0 aromatic rings. The lowest BCUT2D eigenvalue weighted by molar-refractivity contribution is -0.123. The second-order valence-corrected chi connectivity index (χ2v) is 5.56. The van der Waals surface area contributed by atoms with Gasteiger partial charge < -0.3 is 5.32 Å². The number of carbonyl (C=O) groups is 1. The topological polar surface area (TPSA) is 41.5 Å². The Balaban J connectivity index is 2.25. The molecule has 98 valence electrons. The first-order chi connectivity index (χ1) is 8.27. The highest BCUT2D eigenvalue weighted by Gasteiger charge is 2.18. The number of hydrogen-bond acceptors (Lipinski definition) is 3. The van der Waals surface area contributed by atoms with Crippen LogP contribution in [0.5, 0.6) is 0 Å². The Morgan fingerprint density at radius 1 is 1.41 bits per heavy atom. The molecule has 0 fully saturated rings. The van der Waals surface area contributed by atoms with Crippen LogP contribution in [0.15, 0.2) is 4.99 Å². The van der Waals surface area contributed by atoms with Crippen LogP contribution in [0.2, 0.25) is 0 Å². The minimum Gasteiger partial charge on any atom is -0.305 e.